The Balaban J connectivity index is 1.64. The van der Waals surface area contributed by atoms with Crippen LogP contribution in [0.15, 0.2) is 30.3 Å². The maximum Gasteiger partial charge on any atom is 0.261 e. The molecular weight excluding hydrogens is 344 g/mol. The first-order chi connectivity index (χ1) is 11.7. The highest BCUT2D eigenvalue weighted by atomic mass is 32.2. The van der Waals surface area contributed by atoms with Crippen LogP contribution < -0.4 is 15.2 Å². The Morgan fingerprint density at radius 3 is 2.56 bits per heavy atom. The second-order valence-electron chi connectivity index (χ2n) is 6.64. The summed E-state index contributed by atoms with van der Waals surface area (Å²) in [4.78, 5) is 37.3. The number of hydrogen-bond donors (Lipinski definition) is 1. The molecule has 25 heavy (non-hydrogen) atoms. The molecule has 2 heterocycles. The van der Waals surface area contributed by atoms with Crippen molar-refractivity contribution in [2.45, 2.75) is 49.1 Å². The van der Waals surface area contributed by atoms with Crippen molar-refractivity contribution in [2.24, 2.45) is 0 Å². The molecule has 0 aromatic heterocycles. The first-order valence-electron chi connectivity index (χ1n) is 7.95. The van der Waals surface area contributed by atoms with E-state index in [-0.39, 0.29) is 0 Å². The fraction of sp³-hybridized carbons (Fsp3) is 0.471. The number of nitrogens with one attached hydrogen (secondary N) is 1. The molecule has 1 N–H and O–H groups in total. The van der Waals surface area contributed by atoms with Crippen molar-refractivity contribution >= 4 is 29.5 Å². The van der Waals surface area contributed by atoms with Gasteiger partial charge in [-0.2, -0.15) is 0 Å². The molecule has 1 aromatic rings. The fourth-order valence-electron chi connectivity index (χ4n) is 3.15. The number of carboxylic acids is 1. The third-order valence-electron chi connectivity index (χ3n) is 4.39. The summed E-state index contributed by atoms with van der Waals surface area (Å²) >= 11 is 1.35. The normalized spacial score (nSPS) is 27.9. The number of β-lactam (4-membered cyclic amide) rings is 1. The van der Waals surface area contributed by atoms with Gasteiger partial charge >= 0.3 is 0 Å². The van der Waals surface area contributed by atoms with Crippen LogP contribution in [0.2, 0.25) is 0 Å². The fourth-order valence-corrected chi connectivity index (χ4v) is 4.77. The molecule has 0 bridgehead atoms. The number of ether oxygens (including phenoxy) is 1. The van der Waals surface area contributed by atoms with Gasteiger partial charge in [-0.05, 0) is 32.9 Å². The van der Waals surface area contributed by atoms with Gasteiger partial charge in [0.15, 0.2) is 6.10 Å². The van der Waals surface area contributed by atoms with E-state index in [1.807, 2.05) is 6.07 Å². The van der Waals surface area contributed by atoms with Gasteiger partial charge < -0.3 is 24.9 Å². The molecule has 0 spiro atoms. The molecule has 2 aliphatic rings. The zero-order valence-electron chi connectivity index (χ0n) is 14.1. The molecule has 1 aromatic carbocycles. The maximum absolute atomic E-state index is 12.3. The first-order valence-corrected chi connectivity index (χ1v) is 8.83. The SMILES string of the molecule is CC(Oc1ccccc1)C(=O)N[C@@H]1C(=O)N2[C@@H]1SC(C)(C)[C@@H]2C(=O)[O-]. The molecule has 2 aliphatic heterocycles. The monoisotopic (exact) mass is 363 g/mol. The molecule has 2 amide bonds. The zero-order chi connectivity index (χ0) is 18.4. The molecule has 0 saturated carbocycles. The predicted molar refractivity (Wildman–Crippen MR) is 89.6 cm³/mol. The minimum Gasteiger partial charge on any atom is -0.548 e. The number of carbonyl (C=O) groups excluding carboxylic acids is 3. The Morgan fingerprint density at radius 2 is 1.96 bits per heavy atom. The largest absolute Gasteiger partial charge is 0.548 e. The van der Waals surface area contributed by atoms with E-state index in [0.29, 0.717) is 5.75 Å². The lowest BCUT2D eigenvalue weighted by molar-refractivity contribution is -0.312. The minimum atomic E-state index is -1.28. The Kier molecular flexibility index (Phi) is 4.40. The van der Waals surface area contributed by atoms with Crippen molar-refractivity contribution in [2.75, 3.05) is 0 Å². The average Bonchev–Trinajstić information content (AvgIpc) is 2.81. The molecule has 3 rings (SSSR count). The zero-order valence-corrected chi connectivity index (χ0v) is 14.9. The molecule has 1 unspecified atom stereocenters. The van der Waals surface area contributed by atoms with E-state index < -0.39 is 46.1 Å². The van der Waals surface area contributed by atoms with Crippen LogP contribution >= 0.6 is 11.8 Å². The predicted octanol–water partition coefficient (Wildman–Crippen LogP) is -0.249. The minimum absolute atomic E-state index is 0.404. The smallest absolute Gasteiger partial charge is 0.261 e. The molecule has 2 fully saturated rings. The highest BCUT2D eigenvalue weighted by molar-refractivity contribution is 8.01. The van der Waals surface area contributed by atoms with Gasteiger partial charge in [0.1, 0.15) is 17.2 Å². The number of benzene rings is 1. The number of rotatable bonds is 5. The lowest BCUT2D eigenvalue weighted by Gasteiger charge is -2.45. The first kappa shape index (κ1) is 17.6. The van der Waals surface area contributed by atoms with Crippen LogP contribution in [-0.2, 0) is 14.4 Å². The summed E-state index contributed by atoms with van der Waals surface area (Å²) in [5, 5.41) is 13.6. The Hall–Kier alpha value is -2.22. The molecule has 2 saturated heterocycles. The van der Waals surface area contributed by atoms with Crippen molar-refractivity contribution in [1.82, 2.24) is 10.2 Å². The van der Waals surface area contributed by atoms with E-state index in [9.17, 15) is 19.5 Å². The van der Waals surface area contributed by atoms with Gasteiger partial charge in [0.25, 0.3) is 5.91 Å². The standard InChI is InChI=1S/C17H20N2O5S/c1-9(24-10-7-5-4-6-8-10)13(20)18-11-14(21)19-12(16(22)23)17(2,3)25-15(11)19/h4-9,11-12,15H,1-3H3,(H,18,20)(H,22,23)/p-1/t9?,11-,12+,15-/m1/s1. The molecule has 7 nitrogen and oxygen atoms in total. The van der Waals surface area contributed by atoms with Crippen molar-refractivity contribution in [3.05, 3.63) is 30.3 Å². The van der Waals surface area contributed by atoms with Gasteiger partial charge in [0, 0.05) is 4.75 Å². The van der Waals surface area contributed by atoms with E-state index in [2.05, 4.69) is 5.32 Å². The van der Waals surface area contributed by atoms with E-state index in [1.54, 1.807) is 45.0 Å². The lowest BCUT2D eigenvalue weighted by atomic mass is 9.96. The number of nitrogens with zero attached hydrogens (tertiary/aromatic N) is 1. The average molecular weight is 363 g/mol. The van der Waals surface area contributed by atoms with Crippen LogP contribution in [0.1, 0.15) is 20.8 Å². The number of thioether (sulfide) groups is 1. The maximum atomic E-state index is 12.3. The number of carboxylic acid groups (broad SMARTS) is 1. The summed E-state index contributed by atoms with van der Waals surface area (Å²) in [5.74, 6) is -1.55. The second-order valence-corrected chi connectivity index (χ2v) is 8.41. The van der Waals surface area contributed by atoms with E-state index in [4.69, 9.17) is 4.74 Å². The van der Waals surface area contributed by atoms with E-state index in [1.165, 1.54) is 16.7 Å². The summed E-state index contributed by atoms with van der Waals surface area (Å²) in [5.41, 5.74) is 0. The summed E-state index contributed by atoms with van der Waals surface area (Å²) in [6.07, 6.45) is -0.777. The van der Waals surface area contributed by atoms with Gasteiger partial charge in [-0.15, -0.1) is 11.8 Å². The Morgan fingerprint density at radius 1 is 1.32 bits per heavy atom. The van der Waals surface area contributed by atoms with Crippen LogP contribution in [0.25, 0.3) is 0 Å². The lowest BCUT2D eigenvalue weighted by Crippen LogP contribution is -2.72. The number of para-hydroxylation sites is 1. The van der Waals surface area contributed by atoms with Crippen LogP contribution in [0.5, 0.6) is 5.75 Å². The summed E-state index contributed by atoms with van der Waals surface area (Å²) < 4.78 is 4.87. The van der Waals surface area contributed by atoms with Crippen LogP contribution in [0.4, 0.5) is 0 Å². The number of fused-ring (bicyclic) bond motifs is 1. The van der Waals surface area contributed by atoms with Crippen LogP contribution in [0.3, 0.4) is 0 Å². The van der Waals surface area contributed by atoms with Crippen LogP contribution in [-0.4, -0.2) is 51.0 Å². The summed E-state index contributed by atoms with van der Waals surface area (Å²) in [6, 6.07) is 7.16. The molecular formula is C17H19N2O5S-. The van der Waals surface area contributed by atoms with Crippen molar-refractivity contribution in [1.29, 1.82) is 0 Å². The highest BCUT2D eigenvalue weighted by Gasteiger charge is 2.62. The Bertz CT molecular complexity index is 708. The number of aliphatic carboxylic acids is 1. The van der Waals surface area contributed by atoms with Crippen LogP contribution in [0, 0.1) is 0 Å². The number of amides is 2. The number of hydrogen-bond acceptors (Lipinski definition) is 6. The molecule has 8 heteroatoms. The molecule has 134 valence electrons. The summed E-state index contributed by atoms with van der Waals surface area (Å²) in [7, 11) is 0. The van der Waals surface area contributed by atoms with Crippen molar-refractivity contribution in [3.8, 4) is 5.75 Å². The van der Waals surface area contributed by atoms with Gasteiger partial charge in [0.05, 0.1) is 12.0 Å². The van der Waals surface area contributed by atoms with Gasteiger partial charge in [0.2, 0.25) is 5.91 Å². The molecule has 0 radical (unpaired) electrons. The Labute approximate surface area is 149 Å². The third kappa shape index (κ3) is 3.06. The van der Waals surface area contributed by atoms with Gasteiger partial charge in [-0.3, -0.25) is 9.59 Å². The van der Waals surface area contributed by atoms with Crippen molar-refractivity contribution in [3.63, 3.8) is 0 Å². The van der Waals surface area contributed by atoms with E-state index in [0.717, 1.165) is 0 Å². The quantitative estimate of drug-likeness (QED) is 0.725. The second kappa shape index (κ2) is 6.25. The topological polar surface area (TPSA) is 98.8 Å². The molecule has 4 atom stereocenters. The van der Waals surface area contributed by atoms with E-state index >= 15 is 0 Å². The summed E-state index contributed by atoms with van der Waals surface area (Å²) in [6.45, 7) is 5.10. The highest BCUT2D eigenvalue weighted by Crippen LogP contribution is 2.50. The van der Waals surface area contributed by atoms with Crippen molar-refractivity contribution < 1.29 is 24.2 Å². The molecule has 0 aliphatic carbocycles. The number of carbonyl (C=O) groups is 3. The third-order valence-corrected chi connectivity index (χ3v) is 5.96. The van der Waals surface area contributed by atoms with Gasteiger partial charge in [-0.25, -0.2) is 0 Å². The van der Waals surface area contributed by atoms with Gasteiger partial charge in [-0.1, -0.05) is 18.2 Å².